The van der Waals surface area contributed by atoms with Gasteiger partial charge >= 0.3 is 0 Å². The van der Waals surface area contributed by atoms with E-state index < -0.39 is 0 Å². The lowest BCUT2D eigenvalue weighted by Crippen LogP contribution is -2.24. The van der Waals surface area contributed by atoms with Crippen LogP contribution in [0, 0.1) is 0 Å². The van der Waals surface area contributed by atoms with Gasteiger partial charge in [-0.2, -0.15) is 0 Å². The first-order valence-corrected chi connectivity index (χ1v) is 2.59. The summed E-state index contributed by atoms with van der Waals surface area (Å²) >= 11 is 0. The highest BCUT2D eigenvalue weighted by atomic mass is 15.6. The third-order valence-electron chi connectivity index (χ3n) is 1.37. The zero-order chi connectivity index (χ0) is 6.15. The maximum Gasteiger partial charge on any atom is 0.112 e. The molecule has 0 atom stereocenters. The van der Waals surface area contributed by atoms with Crippen molar-refractivity contribution in [1.82, 2.24) is 15.3 Å². The quantitative estimate of drug-likeness (QED) is 0.469. The molecule has 8 heavy (non-hydrogen) atoms. The van der Waals surface area contributed by atoms with Crippen molar-refractivity contribution < 1.29 is 0 Å². The lowest BCUT2D eigenvalue weighted by molar-refractivity contribution is 0.363. The Morgan fingerprint density at radius 2 is 2.25 bits per heavy atom. The summed E-state index contributed by atoms with van der Waals surface area (Å²) in [5.74, 6) is 1.02. The molecule has 1 heterocycles. The Kier molecular flexibility index (Phi) is 1.13. The smallest absolute Gasteiger partial charge is 0.112 e. The fourth-order valence-electron chi connectivity index (χ4n) is 0.651. The van der Waals surface area contributed by atoms with Crippen LogP contribution in [0.25, 0.3) is 0 Å². The maximum absolute atomic E-state index is 3.81. The van der Waals surface area contributed by atoms with Crippen molar-refractivity contribution in [2.45, 2.75) is 0 Å². The summed E-state index contributed by atoms with van der Waals surface area (Å²) in [6, 6.07) is 0. The molecule has 0 aliphatic carbocycles. The van der Waals surface area contributed by atoms with E-state index in [0.717, 1.165) is 12.5 Å². The van der Waals surface area contributed by atoms with E-state index in [1.807, 2.05) is 24.0 Å². The molecule has 0 radical (unpaired) electrons. The maximum atomic E-state index is 3.81. The van der Waals surface area contributed by atoms with Crippen molar-refractivity contribution in [2.75, 3.05) is 20.8 Å². The molecule has 0 unspecified atom stereocenters. The van der Waals surface area contributed by atoms with Crippen LogP contribution in [0.2, 0.25) is 0 Å². The van der Waals surface area contributed by atoms with E-state index in [1.165, 1.54) is 0 Å². The van der Waals surface area contributed by atoms with E-state index in [9.17, 15) is 0 Å². The molecular formula is C5H11N3. The molecule has 1 fully saturated rings. The molecule has 1 N–H and O–H groups in total. The summed E-state index contributed by atoms with van der Waals surface area (Å²) in [6.07, 6.45) is 0. The number of hydrogen-bond donors (Lipinski definition) is 1. The van der Waals surface area contributed by atoms with Crippen LogP contribution < -0.4 is 5.43 Å². The van der Waals surface area contributed by atoms with Crippen molar-refractivity contribution >= 4 is 0 Å². The van der Waals surface area contributed by atoms with Crippen molar-refractivity contribution in [3.8, 4) is 0 Å². The van der Waals surface area contributed by atoms with E-state index >= 15 is 0 Å². The highest BCUT2D eigenvalue weighted by Gasteiger charge is 2.13. The second kappa shape index (κ2) is 1.67. The number of nitrogens with zero attached hydrogens (tertiary/aromatic N) is 2. The highest BCUT2D eigenvalue weighted by Crippen LogP contribution is 2.04. The molecule has 1 saturated heterocycles. The normalized spacial score (nSPS) is 20.5. The van der Waals surface area contributed by atoms with Crippen LogP contribution in [0.1, 0.15) is 0 Å². The fraction of sp³-hybridized carbons (Fsp3) is 0.600. The summed E-state index contributed by atoms with van der Waals surface area (Å²) in [7, 11) is 3.95. The molecule has 0 amide bonds. The molecule has 3 heteroatoms. The lowest BCUT2D eigenvalue weighted by atomic mass is 10.7. The van der Waals surface area contributed by atoms with Crippen LogP contribution >= 0.6 is 0 Å². The van der Waals surface area contributed by atoms with Gasteiger partial charge in [0, 0.05) is 14.1 Å². The van der Waals surface area contributed by atoms with Crippen molar-refractivity contribution in [3.63, 3.8) is 0 Å². The van der Waals surface area contributed by atoms with Gasteiger partial charge in [-0.05, 0) is 0 Å². The van der Waals surface area contributed by atoms with Gasteiger partial charge in [-0.25, -0.2) is 5.43 Å². The van der Waals surface area contributed by atoms with Gasteiger partial charge in [0.2, 0.25) is 0 Å². The van der Waals surface area contributed by atoms with E-state index in [4.69, 9.17) is 0 Å². The topological polar surface area (TPSA) is 18.5 Å². The van der Waals surface area contributed by atoms with Gasteiger partial charge in [0.1, 0.15) is 5.82 Å². The number of hydrogen-bond acceptors (Lipinski definition) is 3. The lowest BCUT2D eigenvalue weighted by Gasteiger charge is -2.12. The summed E-state index contributed by atoms with van der Waals surface area (Å²) in [6.45, 7) is 4.68. The Hall–Kier alpha value is -0.700. The predicted molar refractivity (Wildman–Crippen MR) is 32.7 cm³/mol. The first-order chi connectivity index (χ1) is 3.72. The van der Waals surface area contributed by atoms with Crippen molar-refractivity contribution in [1.29, 1.82) is 0 Å². The summed E-state index contributed by atoms with van der Waals surface area (Å²) in [5.41, 5.74) is 3.08. The van der Waals surface area contributed by atoms with Crippen LogP contribution in [-0.2, 0) is 0 Å². The largest absolute Gasteiger partial charge is 0.346 e. The molecule has 0 aromatic carbocycles. The van der Waals surface area contributed by atoms with Crippen LogP contribution in [0.4, 0.5) is 0 Å². The zero-order valence-electron chi connectivity index (χ0n) is 5.31. The minimum Gasteiger partial charge on any atom is -0.346 e. The summed E-state index contributed by atoms with van der Waals surface area (Å²) in [4.78, 5) is 2.04. The molecule has 0 spiro atoms. The highest BCUT2D eigenvalue weighted by molar-refractivity contribution is 4.92. The Labute approximate surface area is 49.5 Å². The third kappa shape index (κ3) is 0.648. The molecular weight excluding hydrogens is 102 g/mol. The van der Waals surface area contributed by atoms with Crippen LogP contribution in [0.15, 0.2) is 12.4 Å². The zero-order valence-corrected chi connectivity index (χ0v) is 5.31. The Bertz CT molecular complexity index is 98.2. The Balaban J connectivity index is 2.57. The number of rotatable bonds is 0. The van der Waals surface area contributed by atoms with Gasteiger partial charge in [0.25, 0.3) is 0 Å². The second-order valence-corrected chi connectivity index (χ2v) is 1.99. The number of hydrazine groups is 1. The minimum absolute atomic E-state index is 0.870. The molecule has 1 rings (SSSR count). The van der Waals surface area contributed by atoms with Crippen molar-refractivity contribution in [3.05, 3.63) is 12.4 Å². The Morgan fingerprint density at radius 3 is 2.38 bits per heavy atom. The molecule has 46 valence electrons. The van der Waals surface area contributed by atoms with Gasteiger partial charge in [-0.3, -0.25) is 5.01 Å². The van der Waals surface area contributed by atoms with Gasteiger partial charge in [-0.15, -0.1) is 0 Å². The van der Waals surface area contributed by atoms with Gasteiger partial charge in [0.05, 0.1) is 6.67 Å². The van der Waals surface area contributed by atoms with Gasteiger partial charge < -0.3 is 4.90 Å². The molecule has 3 nitrogen and oxygen atoms in total. The summed E-state index contributed by atoms with van der Waals surface area (Å²) < 4.78 is 0. The van der Waals surface area contributed by atoms with Crippen LogP contribution in [-0.4, -0.2) is 30.7 Å². The molecule has 0 bridgehead atoms. The van der Waals surface area contributed by atoms with Gasteiger partial charge in [-0.1, -0.05) is 6.58 Å². The van der Waals surface area contributed by atoms with Crippen LogP contribution in [0.5, 0.6) is 0 Å². The third-order valence-corrected chi connectivity index (χ3v) is 1.37. The first kappa shape index (κ1) is 5.44. The molecule has 0 aromatic rings. The number of nitrogens with one attached hydrogen (secondary N) is 1. The standard InChI is InChI=1S/C5H11N3/c1-5-7(2)4-6-8(5)3/h6H,1,4H2,2-3H3. The van der Waals surface area contributed by atoms with Crippen LogP contribution in [0.3, 0.4) is 0 Å². The first-order valence-electron chi connectivity index (χ1n) is 2.59. The van der Waals surface area contributed by atoms with E-state index in [2.05, 4.69) is 12.0 Å². The SMILES string of the molecule is C=C1N(C)CNN1C. The molecule has 0 aromatic heterocycles. The van der Waals surface area contributed by atoms with E-state index in [1.54, 1.807) is 0 Å². The van der Waals surface area contributed by atoms with Gasteiger partial charge in [0.15, 0.2) is 0 Å². The summed E-state index contributed by atoms with van der Waals surface area (Å²) in [5, 5.41) is 1.90. The predicted octanol–water partition coefficient (Wildman–Crippen LogP) is -0.203. The monoisotopic (exact) mass is 113 g/mol. The molecule has 1 aliphatic heterocycles. The second-order valence-electron chi connectivity index (χ2n) is 1.99. The Morgan fingerprint density at radius 1 is 1.62 bits per heavy atom. The van der Waals surface area contributed by atoms with Crippen molar-refractivity contribution in [2.24, 2.45) is 0 Å². The van der Waals surface area contributed by atoms with E-state index in [-0.39, 0.29) is 0 Å². The molecule has 1 aliphatic rings. The molecule has 0 saturated carbocycles. The van der Waals surface area contributed by atoms with E-state index in [0.29, 0.717) is 0 Å². The average molecular weight is 113 g/mol. The average Bonchev–Trinajstić information content (AvgIpc) is 1.98. The fourth-order valence-corrected chi connectivity index (χ4v) is 0.651. The minimum atomic E-state index is 0.870.